The maximum absolute atomic E-state index is 13.5. The van der Waals surface area contributed by atoms with Gasteiger partial charge in [0.2, 0.25) is 19.9 Å². The Labute approximate surface area is 186 Å². The van der Waals surface area contributed by atoms with E-state index >= 15 is 0 Å². The molecule has 0 aliphatic carbocycles. The first-order chi connectivity index (χ1) is 15.2. The zero-order valence-corrected chi connectivity index (χ0v) is 18.3. The average molecular weight is 510 g/mol. The number of hydrogen-bond donors (Lipinski definition) is 2. The van der Waals surface area contributed by atoms with Crippen LogP contribution in [0, 0.1) is 5.82 Å². The molecule has 8 nitrogen and oxygen atoms in total. The number of sulfonamides is 1. The molecule has 2 aromatic carbocycles. The van der Waals surface area contributed by atoms with Crippen molar-refractivity contribution in [3.05, 3.63) is 53.8 Å². The van der Waals surface area contributed by atoms with Crippen LogP contribution in [0.1, 0.15) is 18.4 Å². The van der Waals surface area contributed by atoms with E-state index in [1.54, 1.807) is 0 Å². The summed E-state index contributed by atoms with van der Waals surface area (Å²) in [5, 5.41) is 8.96. The number of carboxylic acid groups (broad SMARTS) is 1. The van der Waals surface area contributed by atoms with Crippen LogP contribution in [0.2, 0.25) is 0 Å². The lowest BCUT2D eigenvalue weighted by molar-refractivity contribution is -0.139. The van der Waals surface area contributed by atoms with Crippen molar-refractivity contribution >= 4 is 26.0 Å². The monoisotopic (exact) mass is 510 g/mol. The van der Waals surface area contributed by atoms with Crippen molar-refractivity contribution < 1.29 is 44.3 Å². The normalized spacial score (nSPS) is 16.1. The molecule has 0 spiro atoms. The molecule has 0 unspecified atom stereocenters. The summed E-state index contributed by atoms with van der Waals surface area (Å²) in [5.74, 6) is -0.734. The minimum Gasteiger partial charge on any atom is -0.465 e. The summed E-state index contributed by atoms with van der Waals surface area (Å²) in [6.07, 6.45) is -6.25. The zero-order valence-electron chi connectivity index (χ0n) is 16.7. The summed E-state index contributed by atoms with van der Waals surface area (Å²) in [4.78, 5) is 9.59. The SMILES string of the molecule is O=C(O)N1CCC(NS(=O)(=O)c2cc(S(=O)(=O)c3ccc(F)cc3)ccc2C(F)(F)F)CC1. The van der Waals surface area contributed by atoms with Crippen LogP contribution < -0.4 is 4.72 Å². The third-order valence-electron chi connectivity index (χ3n) is 5.07. The van der Waals surface area contributed by atoms with E-state index in [9.17, 15) is 39.2 Å². The van der Waals surface area contributed by atoms with Gasteiger partial charge >= 0.3 is 12.3 Å². The highest BCUT2D eigenvalue weighted by Crippen LogP contribution is 2.36. The molecule has 3 rings (SSSR count). The number of amides is 1. The van der Waals surface area contributed by atoms with Gasteiger partial charge < -0.3 is 10.0 Å². The highest BCUT2D eigenvalue weighted by molar-refractivity contribution is 7.91. The Morgan fingerprint density at radius 2 is 1.52 bits per heavy atom. The van der Waals surface area contributed by atoms with Crippen molar-refractivity contribution in [2.24, 2.45) is 0 Å². The first kappa shape index (κ1) is 24.9. The number of alkyl halides is 3. The molecular formula is C19H18F4N2O6S2. The fourth-order valence-corrected chi connectivity index (χ4v) is 6.27. The van der Waals surface area contributed by atoms with Crippen LogP contribution >= 0.6 is 0 Å². The van der Waals surface area contributed by atoms with Gasteiger partial charge in [0.05, 0.1) is 20.2 Å². The van der Waals surface area contributed by atoms with E-state index in [2.05, 4.69) is 4.72 Å². The highest BCUT2D eigenvalue weighted by atomic mass is 32.2. The van der Waals surface area contributed by atoms with Crippen LogP contribution in [0.25, 0.3) is 0 Å². The third-order valence-corrected chi connectivity index (χ3v) is 8.40. The smallest absolute Gasteiger partial charge is 0.417 e. The summed E-state index contributed by atoms with van der Waals surface area (Å²) < 4.78 is 107. The second-order valence-corrected chi connectivity index (χ2v) is 10.9. The lowest BCUT2D eigenvalue weighted by Crippen LogP contribution is -2.46. The van der Waals surface area contributed by atoms with Crippen LogP contribution in [0.3, 0.4) is 0 Å². The molecule has 1 fully saturated rings. The fourth-order valence-electron chi connectivity index (χ4n) is 3.35. The van der Waals surface area contributed by atoms with Crippen LogP contribution in [0.5, 0.6) is 0 Å². The number of hydrogen-bond acceptors (Lipinski definition) is 5. The van der Waals surface area contributed by atoms with Gasteiger partial charge in [-0.2, -0.15) is 13.2 Å². The van der Waals surface area contributed by atoms with E-state index in [4.69, 9.17) is 5.11 Å². The van der Waals surface area contributed by atoms with Gasteiger partial charge in [-0.1, -0.05) is 0 Å². The van der Waals surface area contributed by atoms with Gasteiger partial charge in [-0.15, -0.1) is 0 Å². The van der Waals surface area contributed by atoms with Gasteiger partial charge in [-0.25, -0.2) is 30.7 Å². The highest BCUT2D eigenvalue weighted by Gasteiger charge is 2.39. The molecule has 0 atom stereocenters. The number of sulfone groups is 1. The summed E-state index contributed by atoms with van der Waals surface area (Å²) in [5.41, 5.74) is -1.56. The Morgan fingerprint density at radius 3 is 2.03 bits per heavy atom. The minimum atomic E-state index is -5.10. The fraction of sp³-hybridized carbons (Fsp3) is 0.316. The molecule has 1 amide bonds. The van der Waals surface area contributed by atoms with Crippen LogP contribution in [-0.4, -0.2) is 52.1 Å². The maximum Gasteiger partial charge on any atom is 0.417 e. The van der Waals surface area contributed by atoms with Crippen LogP contribution in [-0.2, 0) is 26.0 Å². The second kappa shape index (κ2) is 8.91. The lowest BCUT2D eigenvalue weighted by Gasteiger charge is -2.30. The third kappa shape index (κ3) is 5.45. The van der Waals surface area contributed by atoms with Gasteiger partial charge in [-0.3, -0.25) is 0 Å². The molecule has 2 N–H and O–H groups in total. The molecule has 0 aromatic heterocycles. The standard InChI is InChI=1S/C19H18F4N2O6S2/c20-12-1-3-14(4-2-12)32(28,29)15-5-6-16(19(21,22)23)17(11-15)33(30,31)24-13-7-9-25(10-8-13)18(26)27/h1-6,11,13,24H,7-10H2,(H,26,27). The van der Waals surface area contributed by atoms with E-state index in [-0.39, 0.29) is 25.9 Å². The van der Waals surface area contributed by atoms with Crippen molar-refractivity contribution in [3.63, 3.8) is 0 Å². The van der Waals surface area contributed by atoms with E-state index in [1.165, 1.54) is 0 Å². The lowest BCUT2D eigenvalue weighted by atomic mass is 10.1. The average Bonchev–Trinajstić information content (AvgIpc) is 2.73. The Kier molecular flexibility index (Phi) is 6.73. The van der Waals surface area contributed by atoms with Crippen molar-refractivity contribution in [2.45, 2.75) is 39.7 Å². The van der Waals surface area contributed by atoms with Crippen LogP contribution in [0.15, 0.2) is 57.2 Å². The Hall–Kier alpha value is -2.71. The molecule has 0 bridgehead atoms. The molecule has 2 aromatic rings. The van der Waals surface area contributed by atoms with E-state index in [0.717, 1.165) is 29.2 Å². The summed E-state index contributed by atoms with van der Waals surface area (Å²) in [6, 6.07) is 4.07. The predicted octanol–water partition coefficient (Wildman–Crippen LogP) is 3.10. The molecule has 1 aliphatic rings. The number of rotatable bonds is 5. The molecule has 33 heavy (non-hydrogen) atoms. The molecule has 0 saturated carbocycles. The predicted molar refractivity (Wildman–Crippen MR) is 106 cm³/mol. The molecule has 1 saturated heterocycles. The van der Waals surface area contributed by atoms with Gasteiger partial charge in [0.1, 0.15) is 5.82 Å². The Bertz CT molecular complexity index is 1250. The van der Waals surface area contributed by atoms with E-state index in [0.29, 0.717) is 18.2 Å². The zero-order chi connectivity index (χ0) is 24.6. The second-order valence-electron chi connectivity index (χ2n) is 7.28. The number of halogens is 4. The summed E-state index contributed by atoms with van der Waals surface area (Å²) in [6.45, 7) is -0.0404. The van der Waals surface area contributed by atoms with Gasteiger partial charge in [0.15, 0.2) is 0 Å². The topological polar surface area (TPSA) is 121 Å². The summed E-state index contributed by atoms with van der Waals surface area (Å²) >= 11 is 0. The van der Waals surface area contributed by atoms with Crippen LogP contribution in [0.4, 0.5) is 22.4 Å². The van der Waals surface area contributed by atoms with Crippen molar-refractivity contribution in [1.82, 2.24) is 9.62 Å². The van der Waals surface area contributed by atoms with Crippen molar-refractivity contribution in [2.75, 3.05) is 13.1 Å². The number of nitrogens with zero attached hydrogens (tertiary/aromatic N) is 1. The molecule has 1 aliphatic heterocycles. The quantitative estimate of drug-likeness (QED) is 0.471. The number of piperidine rings is 1. The summed E-state index contributed by atoms with van der Waals surface area (Å²) in [7, 11) is -9.29. The van der Waals surface area contributed by atoms with E-state index in [1.807, 2.05) is 0 Å². The number of nitrogens with one attached hydrogen (secondary N) is 1. The first-order valence-electron chi connectivity index (χ1n) is 9.44. The molecule has 0 radical (unpaired) electrons. The van der Waals surface area contributed by atoms with E-state index < -0.39 is 64.2 Å². The van der Waals surface area contributed by atoms with Gasteiger partial charge in [0.25, 0.3) is 0 Å². The minimum absolute atomic E-state index is 0.0202. The molecular weight excluding hydrogens is 492 g/mol. The molecule has 14 heteroatoms. The van der Waals surface area contributed by atoms with Crippen molar-refractivity contribution in [1.29, 1.82) is 0 Å². The number of carbonyl (C=O) groups is 1. The Morgan fingerprint density at radius 1 is 0.970 bits per heavy atom. The van der Waals surface area contributed by atoms with Gasteiger partial charge in [0, 0.05) is 19.1 Å². The number of benzene rings is 2. The van der Waals surface area contributed by atoms with Gasteiger partial charge in [-0.05, 0) is 55.3 Å². The largest absolute Gasteiger partial charge is 0.465 e. The maximum atomic E-state index is 13.5. The van der Waals surface area contributed by atoms with Crippen molar-refractivity contribution in [3.8, 4) is 0 Å². The first-order valence-corrected chi connectivity index (χ1v) is 12.4. The number of likely N-dealkylation sites (tertiary alicyclic amines) is 1. The molecule has 180 valence electrons. The molecule has 1 heterocycles. The Balaban J connectivity index is 2.00.